The van der Waals surface area contributed by atoms with E-state index in [1.165, 1.54) is 16.5 Å². The zero-order chi connectivity index (χ0) is 12.5. The van der Waals surface area contributed by atoms with Crippen LogP contribution in [-0.4, -0.2) is 28.6 Å². The molecule has 0 bridgehead atoms. The van der Waals surface area contributed by atoms with Crippen LogP contribution in [0.1, 0.15) is 18.9 Å². The molecule has 1 aromatic carbocycles. The Bertz CT molecular complexity index is 544. The fourth-order valence-electron chi connectivity index (χ4n) is 2.96. The summed E-state index contributed by atoms with van der Waals surface area (Å²) in [6, 6.07) is 9.04. The van der Waals surface area contributed by atoms with E-state index in [1.54, 1.807) is 0 Å². The summed E-state index contributed by atoms with van der Waals surface area (Å²) in [6.45, 7) is 6.42. The summed E-state index contributed by atoms with van der Waals surface area (Å²) in [5.41, 5.74) is 8.75. The van der Waals surface area contributed by atoms with Crippen LogP contribution in [0.2, 0.25) is 0 Å². The van der Waals surface area contributed by atoms with Crippen molar-refractivity contribution in [2.75, 3.05) is 13.1 Å². The molecule has 2 aromatic rings. The monoisotopic (exact) mass is 243 g/mol. The van der Waals surface area contributed by atoms with Crippen LogP contribution >= 0.6 is 0 Å². The number of aromatic nitrogens is 1. The number of hydrogen-bond donors (Lipinski definition) is 1. The predicted molar refractivity (Wildman–Crippen MR) is 75.5 cm³/mol. The highest BCUT2D eigenvalue weighted by Gasteiger charge is 2.20. The molecule has 0 saturated carbocycles. The number of nitrogens with zero attached hydrogens (tertiary/aromatic N) is 2. The topological polar surface area (TPSA) is 34.2 Å². The average Bonchev–Trinajstić information content (AvgIpc) is 2.95. The van der Waals surface area contributed by atoms with Crippen LogP contribution in [-0.2, 0) is 13.1 Å². The largest absolute Gasteiger partial charge is 0.347 e. The summed E-state index contributed by atoms with van der Waals surface area (Å²) in [5, 5.41) is 1.39. The molecule has 1 aromatic heterocycles. The third-order valence-corrected chi connectivity index (χ3v) is 3.91. The molecule has 0 spiro atoms. The number of nitrogens with two attached hydrogens (primary N) is 1. The molecule has 1 atom stereocenters. The van der Waals surface area contributed by atoms with E-state index in [9.17, 15) is 0 Å². The lowest BCUT2D eigenvalue weighted by Crippen LogP contribution is -2.26. The Morgan fingerprint density at radius 2 is 2.17 bits per heavy atom. The first kappa shape index (κ1) is 11.8. The van der Waals surface area contributed by atoms with Crippen LogP contribution in [0.25, 0.3) is 10.9 Å². The van der Waals surface area contributed by atoms with Gasteiger partial charge in [0.1, 0.15) is 0 Å². The van der Waals surface area contributed by atoms with E-state index in [2.05, 4.69) is 46.9 Å². The Hall–Kier alpha value is -1.32. The third-order valence-electron chi connectivity index (χ3n) is 3.91. The number of fused-ring (bicyclic) bond motifs is 1. The molecule has 1 aliphatic heterocycles. The summed E-state index contributed by atoms with van der Waals surface area (Å²) in [7, 11) is 0. The lowest BCUT2D eigenvalue weighted by Gasteiger charge is -2.14. The molecule has 1 fully saturated rings. The first-order chi connectivity index (χ1) is 8.78. The molecule has 3 nitrogen and oxygen atoms in total. The summed E-state index contributed by atoms with van der Waals surface area (Å²) in [4.78, 5) is 2.46. The van der Waals surface area contributed by atoms with Crippen molar-refractivity contribution in [2.24, 2.45) is 5.73 Å². The van der Waals surface area contributed by atoms with Gasteiger partial charge in [-0.15, -0.1) is 0 Å². The van der Waals surface area contributed by atoms with Crippen molar-refractivity contribution in [3.05, 3.63) is 36.0 Å². The Morgan fingerprint density at radius 1 is 1.33 bits per heavy atom. The number of likely N-dealkylation sites (tertiary alicyclic amines) is 1. The van der Waals surface area contributed by atoms with Crippen molar-refractivity contribution < 1.29 is 0 Å². The summed E-state index contributed by atoms with van der Waals surface area (Å²) in [5.74, 6) is 0. The van der Waals surface area contributed by atoms with E-state index in [0.29, 0.717) is 6.04 Å². The quantitative estimate of drug-likeness (QED) is 0.896. The first-order valence-corrected chi connectivity index (χ1v) is 6.82. The van der Waals surface area contributed by atoms with Gasteiger partial charge >= 0.3 is 0 Å². The molecule has 3 rings (SSSR count). The van der Waals surface area contributed by atoms with E-state index >= 15 is 0 Å². The van der Waals surface area contributed by atoms with E-state index in [0.717, 1.165) is 32.6 Å². The molecule has 18 heavy (non-hydrogen) atoms. The van der Waals surface area contributed by atoms with Crippen molar-refractivity contribution in [1.82, 2.24) is 9.47 Å². The normalized spacial score (nSPS) is 20.9. The van der Waals surface area contributed by atoms with Crippen molar-refractivity contribution >= 4 is 10.9 Å². The second-order valence-corrected chi connectivity index (χ2v) is 5.24. The third kappa shape index (κ3) is 2.04. The van der Waals surface area contributed by atoms with E-state index in [-0.39, 0.29) is 0 Å². The van der Waals surface area contributed by atoms with Gasteiger partial charge in [-0.2, -0.15) is 0 Å². The number of para-hydroxylation sites is 1. The van der Waals surface area contributed by atoms with E-state index in [4.69, 9.17) is 5.73 Å². The molecule has 2 heterocycles. The number of rotatable bonds is 3. The van der Waals surface area contributed by atoms with E-state index in [1.807, 2.05) is 0 Å². The minimum absolute atomic E-state index is 0.365. The zero-order valence-electron chi connectivity index (χ0n) is 11.0. The minimum atomic E-state index is 0.365. The lowest BCUT2D eigenvalue weighted by molar-refractivity contribution is 0.328. The van der Waals surface area contributed by atoms with Gasteiger partial charge in [0.2, 0.25) is 0 Å². The van der Waals surface area contributed by atoms with Gasteiger partial charge in [0.15, 0.2) is 0 Å². The molecule has 0 aliphatic carbocycles. The van der Waals surface area contributed by atoms with Crippen molar-refractivity contribution in [2.45, 2.75) is 32.5 Å². The predicted octanol–water partition coefficient (Wildman–Crippen LogP) is 2.19. The van der Waals surface area contributed by atoms with Crippen LogP contribution in [0.3, 0.4) is 0 Å². The highest BCUT2D eigenvalue weighted by Crippen LogP contribution is 2.23. The zero-order valence-corrected chi connectivity index (χ0v) is 11.0. The second-order valence-electron chi connectivity index (χ2n) is 5.24. The fraction of sp³-hybridized carbons (Fsp3) is 0.467. The smallest absolute Gasteiger partial charge is 0.0483 e. The van der Waals surface area contributed by atoms with Gasteiger partial charge in [0.25, 0.3) is 0 Å². The molecule has 1 aliphatic rings. The number of aryl methyl sites for hydroxylation is 1. The molecule has 0 radical (unpaired) electrons. The standard InChI is InChI=1S/C15H21N3/c1-2-18-10-12(9-17-8-7-13(16)11-17)14-5-3-4-6-15(14)18/h3-6,10,13H,2,7-9,11,16H2,1H3. The maximum Gasteiger partial charge on any atom is 0.0483 e. The lowest BCUT2D eigenvalue weighted by atomic mass is 10.1. The Kier molecular flexibility index (Phi) is 3.10. The number of benzene rings is 1. The Morgan fingerprint density at radius 3 is 2.89 bits per heavy atom. The average molecular weight is 243 g/mol. The second kappa shape index (κ2) is 4.75. The summed E-state index contributed by atoms with van der Waals surface area (Å²) in [6.07, 6.45) is 3.43. The SMILES string of the molecule is CCn1cc(CN2CCC(N)C2)c2ccccc21. The van der Waals surface area contributed by atoms with E-state index < -0.39 is 0 Å². The highest BCUT2D eigenvalue weighted by atomic mass is 15.2. The Balaban J connectivity index is 1.92. The molecule has 1 unspecified atom stereocenters. The van der Waals surface area contributed by atoms with Crippen molar-refractivity contribution in [3.8, 4) is 0 Å². The maximum absolute atomic E-state index is 5.98. The van der Waals surface area contributed by atoms with Gasteiger partial charge in [-0.3, -0.25) is 4.90 Å². The molecular weight excluding hydrogens is 222 g/mol. The summed E-state index contributed by atoms with van der Waals surface area (Å²) < 4.78 is 2.33. The van der Waals surface area contributed by atoms with Gasteiger partial charge in [-0.25, -0.2) is 0 Å². The van der Waals surface area contributed by atoms with Crippen LogP contribution in [0.5, 0.6) is 0 Å². The molecule has 1 saturated heterocycles. The van der Waals surface area contributed by atoms with Gasteiger partial charge in [-0.1, -0.05) is 18.2 Å². The van der Waals surface area contributed by atoms with Gasteiger partial charge in [0.05, 0.1) is 0 Å². The molecule has 0 amide bonds. The molecule has 2 N–H and O–H groups in total. The first-order valence-electron chi connectivity index (χ1n) is 6.82. The minimum Gasteiger partial charge on any atom is -0.347 e. The summed E-state index contributed by atoms with van der Waals surface area (Å²) >= 11 is 0. The van der Waals surface area contributed by atoms with Gasteiger partial charge in [-0.05, 0) is 25.0 Å². The highest BCUT2D eigenvalue weighted by molar-refractivity contribution is 5.83. The van der Waals surface area contributed by atoms with Crippen LogP contribution in [0.4, 0.5) is 0 Å². The van der Waals surface area contributed by atoms with Crippen LogP contribution in [0.15, 0.2) is 30.5 Å². The maximum atomic E-state index is 5.98. The van der Waals surface area contributed by atoms with Crippen LogP contribution in [0, 0.1) is 0 Å². The number of hydrogen-bond acceptors (Lipinski definition) is 2. The van der Waals surface area contributed by atoms with Gasteiger partial charge in [0, 0.05) is 49.3 Å². The van der Waals surface area contributed by atoms with Crippen molar-refractivity contribution in [3.63, 3.8) is 0 Å². The van der Waals surface area contributed by atoms with Crippen LogP contribution < -0.4 is 5.73 Å². The fourth-order valence-corrected chi connectivity index (χ4v) is 2.96. The van der Waals surface area contributed by atoms with Crippen molar-refractivity contribution in [1.29, 1.82) is 0 Å². The molecule has 3 heteroatoms. The Labute approximate surface area is 108 Å². The molecular formula is C15H21N3. The van der Waals surface area contributed by atoms with Gasteiger partial charge < -0.3 is 10.3 Å². The molecule has 96 valence electrons.